The molecule has 1 amide bonds. The number of hydrogen-bond donors (Lipinski definition) is 1. The second-order valence-electron chi connectivity index (χ2n) is 5.10. The molecule has 4 heteroatoms. The molecule has 20 heavy (non-hydrogen) atoms. The van der Waals surface area contributed by atoms with Crippen molar-refractivity contribution in [1.29, 1.82) is 0 Å². The number of amides is 1. The molecule has 1 aromatic rings. The predicted molar refractivity (Wildman–Crippen MR) is 81.2 cm³/mol. The first kappa shape index (κ1) is 16.5. The van der Waals surface area contributed by atoms with Gasteiger partial charge in [0.2, 0.25) is 0 Å². The zero-order valence-electron chi connectivity index (χ0n) is 13.0. The average Bonchev–Trinajstić information content (AvgIpc) is 2.48. The van der Waals surface area contributed by atoms with Crippen LogP contribution >= 0.6 is 0 Å². The van der Waals surface area contributed by atoms with Crippen molar-refractivity contribution < 1.29 is 14.3 Å². The molecule has 0 saturated heterocycles. The third-order valence-corrected chi connectivity index (χ3v) is 3.63. The van der Waals surface area contributed by atoms with Crippen molar-refractivity contribution >= 4 is 11.6 Å². The van der Waals surface area contributed by atoms with E-state index in [1.807, 2.05) is 38.1 Å². The molecule has 0 aromatic heterocycles. The van der Waals surface area contributed by atoms with Gasteiger partial charge in [0.05, 0.1) is 6.10 Å². The minimum atomic E-state index is -0.800. The monoisotopic (exact) mass is 279 g/mol. The molecule has 1 N–H and O–H groups in total. The number of carbonyl (C=O) groups excluding carboxylic acids is 1. The van der Waals surface area contributed by atoms with Crippen molar-refractivity contribution in [3.05, 3.63) is 24.3 Å². The van der Waals surface area contributed by atoms with Crippen molar-refractivity contribution in [1.82, 2.24) is 0 Å². The lowest BCUT2D eigenvalue weighted by Gasteiger charge is -2.25. The normalized spacial score (nSPS) is 15.2. The van der Waals surface area contributed by atoms with E-state index in [0.717, 1.165) is 17.9 Å². The van der Waals surface area contributed by atoms with E-state index in [1.54, 1.807) is 14.0 Å². The van der Waals surface area contributed by atoms with E-state index >= 15 is 0 Å². The molecular formula is C16H25NO3. The number of nitrogens with one attached hydrogen (secondary N) is 1. The van der Waals surface area contributed by atoms with Gasteiger partial charge < -0.3 is 14.8 Å². The number of ether oxygens (including phenoxy) is 2. The van der Waals surface area contributed by atoms with Crippen LogP contribution in [0.4, 0.5) is 5.69 Å². The number of rotatable bonds is 7. The van der Waals surface area contributed by atoms with Crippen LogP contribution in [0.15, 0.2) is 24.3 Å². The van der Waals surface area contributed by atoms with E-state index in [9.17, 15) is 4.79 Å². The molecule has 0 aliphatic carbocycles. The van der Waals surface area contributed by atoms with Gasteiger partial charge in [-0.05, 0) is 51.0 Å². The molecule has 0 aliphatic heterocycles. The van der Waals surface area contributed by atoms with Crippen molar-refractivity contribution in [2.75, 3.05) is 12.4 Å². The largest absolute Gasteiger partial charge is 0.491 e. The van der Waals surface area contributed by atoms with E-state index in [0.29, 0.717) is 6.42 Å². The Morgan fingerprint density at radius 1 is 1.30 bits per heavy atom. The Labute approximate surface area is 121 Å². The molecule has 0 bridgehead atoms. The summed E-state index contributed by atoms with van der Waals surface area (Å²) in [6.07, 6.45) is 1.76. The summed E-state index contributed by atoms with van der Waals surface area (Å²) >= 11 is 0. The zero-order chi connectivity index (χ0) is 15.2. The number of methoxy groups -OCH3 is 1. The minimum Gasteiger partial charge on any atom is -0.491 e. The molecule has 1 aromatic carbocycles. The second-order valence-corrected chi connectivity index (χ2v) is 5.10. The van der Waals surface area contributed by atoms with E-state index in [1.165, 1.54) is 0 Å². The van der Waals surface area contributed by atoms with E-state index < -0.39 is 5.60 Å². The maximum absolute atomic E-state index is 12.1. The lowest BCUT2D eigenvalue weighted by Crippen LogP contribution is -2.41. The Morgan fingerprint density at radius 2 is 1.90 bits per heavy atom. The summed E-state index contributed by atoms with van der Waals surface area (Å²) in [5.74, 6) is 0.667. The quantitative estimate of drug-likeness (QED) is 0.829. The van der Waals surface area contributed by atoms with Gasteiger partial charge in [0.1, 0.15) is 11.4 Å². The second kappa shape index (κ2) is 7.29. The smallest absolute Gasteiger partial charge is 0.256 e. The van der Waals surface area contributed by atoms with Crippen LogP contribution in [0.3, 0.4) is 0 Å². The molecular weight excluding hydrogens is 254 g/mol. The molecule has 1 rings (SSSR count). The fourth-order valence-electron chi connectivity index (χ4n) is 1.59. The number of carbonyl (C=O) groups is 1. The molecule has 0 heterocycles. The Balaban J connectivity index is 2.68. The third kappa shape index (κ3) is 4.23. The van der Waals surface area contributed by atoms with Gasteiger partial charge in [-0.25, -0.2) is 0 Å². The van der Waals surface area contributed by atoms with Crippen LogP contribution in [0.25, 0.3) is 0 Å². The van der Waals surface area contributed by atoms with Crippen LogP contribution < -0.4 is 10.1 Å². The van der Waals surface area contributed by atoms with Gasteiger partial charge in [-0.3, -0.25) is 4.79 Å². The molecule has 4 nitrogen and oxygen atoms in total. The molecule has 0 radical (unpaired) electrons. The highest BCUT2D eigenvalue weighted by Gasteiger charge is 2.30. The Hall–Kier alpha value is -1.55. The summed E-state index contributed by atoms with van der Waals surface area (Å²) in [4.78, 5) is 12.1. The first-order chi connectivity index (χ1) is 9.45. The SMILES string of the molecule is CC[C@@H](C)Oc1ccc(NC(=O)[C@](C)(CC)OC)cc1. The summed E-state index contributed by atoms with van der Waals surface area (Å²) in [6, 6.07) is 7.39. The number of hydrogen-bond acceptors (Lipinski definition) is 3. The van der Waals surface area contributed by atoms with Gasteiger partial charge in [0.15, 0.2) is 0 Å². The first-order valence-corrected chi connectivity index (χ1v) is 7.08. The zero-order valence-corrected chi connectivity index (χ0v) is 13.0. The first-order valence-electron chi connectivity index (χ1n) is 7.08. The van der Waals surface area contributed by atoms with Crippen LogP contribution in [0.5, 0.6) is 5.75 Å². The topological polar surface area (TPSA) is 47.6 Å². The van der Waals surface area contributed by atoms with Gasteiger partial charge in [-0.1, -0.05) is 13.8 Å². The predicted octanol–water partition coefficient (Wildman–Crippen LogP) is 3.62. The lowest BCUT2D eigenvalue weighted by atomic mass is 10.0. The molecule has 112 valence electrons. The number of anilines is 1. The van der Waals surface area contributed by atoms with Crippen LogP contribution in [0.1, 0.15) is 40.5 Å². The van der Waals surface area contributed by atoms with E-state index in [4.69, 9.17) is 9.47 Å². The Morgan fingerprint density at radius 3 is 2.35 bits per heavy atom. The Kier molecular flexibility index (Phi) is 6.02. The van der Waals surface area contributed by atoms with Crippen molar-refractivity contribution in [2.45, 2.75) is 52.2 Å². The fourth-order valence-corrected chi connectivity index (χ4v) is 1.59. The maximum atomic E-state index is 12.1. The van der Waals surface area contributed by atoms with Gasteiger partial charge >= 0.3 is 0 Å². The van der Waals surface area contributed by atoms with Crippen LogP contribution in [-0.4, -0.2) is 24.7 Å². The molecule has 0 saturated carbocycles. The molecule has 0 unspecified atom stereocenters. The van der Waals surface area contributed by atoms with E-state index in [-0.39, 0.29) is 12.0 Å². The van der Waals surface area contributed by atoms with Crippen molar-refractivity contribution in [3.8, 4) is 5.75 Å². The highest BCUT2D eigenvalue weighted by molar-refractivity contribution is 5.97. The Bertz CT molecular complexity index is 424. The highest BCUT2D eigenvalue weighted by atomic mass is 16.5. The van der Waals surface area contributed by atoms with Crippen molar-refractivity contribution in [2.24, 2.45) is 0 Å². The summed E-state index contributed by atoms with van der Waals surface area (Å²) in [5.41, 5.74) is -0.0606. The minimum absolute atomic E-state index is 0.141. The van der Waals surface area contributed by atoms with Crippen LogP contribution in [0, 0.1) is 0 Å². The van der Waals surface area contributed by atoms with E-state index in [2.05, 4.69) is 12.2 Å². The highest BCUT2D eigenvalue weighted by Crippen LogP contribution is 2.20. The summed E-state index contributed by atoms with van der Waals surface area (Å²) in [5, 5.41) is 2.86. The molecule has 0 aliphatic rings. The molecule has 0 spiro atoms. The molecule has 2 atom stereocenters. The molecule has 0 fully saturated rings. The van der Waals surface area contributed by atoms with Crippen LogP contribution in [-0.2, 0) is 9.53 Å². The average molecular weight is 279 g/mol. The number of benzene rings is 1. The van der Waals surface area contributed by atoms with Gasteiger partial charge in [-0.15, -0.1) is 0 Å². The third-order valence-electron chi connectivity index (χ3n) is 3.63. The van der Waals surface area contributed by atoms with Crippen molar-refractivity contribution in [3.63, 3.8) is 0 Å². The fraction of sp³-hybridized carbons (Fsp3) is 0.562. The van der Waals surface area contributed by atoms with Gasteiger partial charge in [0.25, 0.3) is 5.91 Å². The summed E-state index contributed by atoms with van der Waals surface area (Å²) in [7, 11) is 1.55. The van der Waals surface area contributed by atoms with Crippen LogP contribution in [0.2, 0.25) is 0 Å². The lowest BCUT2D eigenvalue weighted by molar-refractivity contribution is -0.136. The standard InChI is InChI=1S/C16H25NO3/c1-6-12(3)20-14-10-8-13(9-11-14)17-15(18)16(4,7-2)19-5/h8-12H,6-7H2,1-5H3,(H,17,18)/t12-,16+/m1/s1. The summed E-state index contributed by atoms with van der Waals surface area (Å²) < 4.78 is 11.0. The van der Waals surface area contributed by atoms with Gasteiger partial charge in [0, 0.05) is 12.8 Å². The van der Waals surface area contributed by atoms with Gasteiger partial charge in [-0.2, -0.15) is 0 Å². The maximum Gasteiger partial charge on any atom is 0.256 e. The summed E-state index contributed by atoms with van der Waals surface area (Å²) in [6.45, 7) is 7.81.